The van der Waals surface area contributed by atoms with Crippen LogP contribution in [0.4, 0.5) is 4.39 Å². The number of imidazole rings is 1. The minimum absolute atomic E-state index is 0.0186. The zero-order chi connectivity index (χ0) is 32.8. The first kappa shape index (κ1) is 30.9. The number of amides is 2. The minimum atomic E-state index is -0.624. The Balaban J connectivity index is 1.26. The first-order valence-corrected chi connectivity index (χ1v) is 16.3. The molecule has 0 saturated heterocycles. The number of aromatic nitrogens is 4. The summed E-state index contributed by atoms with van der Waals surface area (Å²) in [6.07, 6.45) is 3.73. The van der Waals surface area contributed by atoms with Crippen LogP contribution in [0.1, 0.15) is 51.9 Å². The summed E-state index contributed by atoms with van der Waals surface area (Å²) in [5, 5.41) is 7.22. The van der Waals surface area contributed by atoms with E-state index < -0.39 is 11.9 Å². The molecule has 47 heavy (non-hydrogen) atoms. The van der Waals surface area contributed by atoms with E-state index in [1.165, 1.54) is 21.5 Å². The molecule has 1 aliphatic carbocycles. The maximum absolute atomic E-state index is 14.2. The third-order valence-electron chi connectivity index (χ3n) is 8.34. The molecule has 3 heterocycles. The van der Waals surface area contributed by atoms with Crippen molar-refractivity contribution in [3.63, 3.8) is 0 Å². The molecule has 10 nitrogen and oxygen atoms in total. The van der Waals surface area contributed by atoms with Crippen LogP contribution in [0, 0.1) is 5.95 Å². The number of nitrogens with one attached hydrogen (secondary N) is 1. The van der Waals surface area contributed by atoms with Gasteiger partial charge >= 0.3 is 5.69 Å². The Bertz CT molecular complexity index is 2070. The molecule has 0 spiro atoms. The van der Waals surface area contributed by atoms with Gasteiger partial charge in [0.15, 0.2) is 0 Å². The number of nitrogens with zero attached hydrogens (tertiary/aromatic N) is 5. The van der Waals surface area contributed by atoms with Crippen LogP contribution in [0.5, 0.6) is 5.75 Å². The molecule has 0 unspecified atom stereocenters. The van der Waals surface area contributed by atoms with Crippen molar-refractivity contribution in [1.82, 2.24) is 29.1 Å². The second-order valence-electron chi connectivity index (χ2n) is 11.6. The summed E-state index contributed by atoms with van der Waals surface area (Å²) in [6.45, 7) is 2.14. The lowest BCUT2D eigenvalue weighted by atomic mass is 10.1. The van der Waals surface area contributed by atoms with E-state index in [2.05, 4.69) is 26.3 Å². The van der Waals surface area contributed by atoms with E-state index in [0.717, 1.165) is 12.8 Å². The predicted octanol–water partition coefficient (Wildman–Crippen LogP) is 5.90. The summed E-state index contributed by atoms with van der Waals surface area (Å²) >= 11 is 9.66. The van der Waals surface area contributed by atoms with Gasteiger partial charge in [-0.1, -0.05) is 29.8 Å². The quantitative estimate of drug-likeness (QED) is 0.215. The normalized spacial score (nSPS) is 15.7. The van der Waals surface area contributed by atoms with Gasteiger partial charge in [-0.3, -0.25) is 18.7 Å². The van der Waals surface area contributed by atoms with Crippen molar-refractivity contribution in [3.05, 3.63) is 127 Å². The van der Waals surface area contributed by atoms with E-state index >= 15 is 0 Å². The van der Waals surface area contributed by atoms with Gasteiger partial charge in [0.25, 0.3) is 11.8 Å². The van der Waals surface area contributed by atoms with Gasteiger partial charge < -0.3 is 15.0 Å². The SMILES string of the molecule is C[C@H]1Cn2c(c(C(=O)NCc3ccccc3-n3ccc(F)n3)n(-c3ccc(OC4CC4)cc3)c2=O)CN1C(=O)c1ccc(Br)c(Cl)c1. The molecule has 0 bridgehead atoms. The first-order valence-electron chi connectivity index (χ1n) is 15.1. The largest absolute Gasteiger partial charge is 0.490 e. The molecule has 3 aromatic carbocycles. The fourth-order valence-electron chi connectivity index (χ4n) is 5.79. The van der Waals surface area contributed by atoms with E-state index in [0.29, 0.717) is 43.4 Å². The van der Waals surface area contributed by atoms with Gasteiger partial charge in [-0.05, 0) is 89.8 Å². The van der Waals surface area contributed by atoms with Crippen LogP contribution in [0.3, 0.4) is 0 Å². The number of ether oxygens (including phenoxy) is 1. The summed E-state index contributed by atoms with van der Waals surface area (Å²) in [4.78, 5) is 43.6. The fourth-order valence-corrected chi connectivity index (χ4v) is 6.21. The van der Waals surface area contributed by atoms with Crippen molar-refractivity contribution in [1.29, 1.82) is 0 Å². The van der Waals surface area contributed by atoms with Crippen LogP contribution in [0.15, 0.2) is 88.3 Å². The molecule has 1 N–H and O–H groups in total. The lowest BCUT2D eigenvalue weighted by molar-refractivity contribution is 0.0610. The van der Waals surface area contributed by atoms with E-state index in [-0.39, 0.29) is 49.1 Å². The third kappa shape index (κ3) is 6.10. The topological polar surface area (TPSA) is 103 Å². The number of fused-ring (bicyclic) bond motifs is 1. The van der Waals surface area contributed by atoms with Crippen molar-refractivity contribution < 1.29 is 18.7 Å². The number of benzene rings is 3. The first-order chi connectivity index (χ1) is 22.7. The van der Waals surface area contributed by atoms with Crippen LogP contribution in [-0.2, 0) is 19.6 Å². The molecule has 1 saturated carbocycles. The molecule has 7 rings (SSSR count). The summed E-state index contributed by atoms with van der Waals surface area (Å²) in [5.41, 5.74) is 2.30. The van der Waals surface area contributed by atoms with Crippen LogP contribution < -0.4 is 15.7 Å². The highest BCUT2D eigenvalue weighted by molar-refractivity contribution is 9.10. The molecule has 2 aromatic heterocycles. The lowest BCUT2D eigenvalue weighted by Crippen LogP contribution is -2.47. The number of carbonyl (C=O) groups is 2. The predicted molar refractivity (Wildman–Crippen MR) is 177 cm³/mol. The van der Waals surface area contributed by atoms with Crippen molar-refractivity contribution >= 4 is 39.3 Å². The van der Waals surface area contributed by atoms with Gasteiger partial charge in [-0.25, -0.2) is 9.48 Å². The highest BCUT2D eigenvalue weighted by Gasteiger charge is 2.35. The minimum Gasteiger partial charge on any atom is -0.490 e. The number of carbonyl (C=O) groups excluding carboxylic acids is 2. The summed E-state index contributed by atoms with van der Waals surface area (Å²) in [5.74, 6) is -0.721. The third-order valence-corrected chi connectivity index (χ3v) is 9.58. The molecular weight excluding hydrogens is 691 g/mol. The van der Waals surface area contributed by atoms with Gasteiger partial charge in [0.1, 0.15) is 11.4 Å². The standard InChI is InChI=1S/C34H29BrClFN6O4/c1-20-18-41-29(19-40(20)33(45)21-6-13-26(35)27(36)16-21)31(43(34(41)46)23-7-9-24(10-8-23)47-25-11-12-25)32(44)38-17-22-4-2-3-5-28(22)42-15-14-30(37)39-42/h2-10,13-16,20,25H,11-12,17-19H2,1H3,(H,38,44)/t20-/m0/s1. The summed E-state index contributed by atoms with van der Waals surface area (Å²) < 4.78 is 24.6. The van der Waals surface area contributed by atoms with E-state index in [9.17, 15) is 18.8 Å². The smallest absolute Gasteiger partial charge is 0.333 e. The molecule has 2 aliphatic rings. The molecule has 1 fully saturated rings. The van der Waals surface area contributed by atoms with Gasteiger partial charge in [-0.15, -0.1) is 5.10 Å². The summed E-state index contributed by atoms with van der Waals surface area (Å²) in [7, 11) is 0. The van der Waals surface area contributed by atoms with Crippen molar-refractivity contribution in [2.24, 2.45) is 0 Å². The number of hydrogen-bond acceptors (Lipinski definition) is 5. The number of para-hydroxylation sites is 1. The second kappa shape index (κ2) is 12.5. The highest BCUT2D eigenvalue weighted by Crippen LogP contribution is 2.30. The van der Waals surface area contributed by atoms with E-state index in [4.69, 9.17) is 16.3 Å². The van der Waals surface area contributed by atoms with E-state index in [1.807, 2.05) is 19.1 Å². The van der Waals surface area contributed by atoms with Gasteiger partial charge in [0, 0.05) is 41.4 Å². The van der Waals surface area contributed by atoms with Crippen molar-refractivity contribution in [2.45, 2.75) is 51.5 Å². The Morgan fingerprint density at radius 2 is 1.85 bits per heavy atom. The van der Waals surface area contributed by atoms with Crippen LogP contribution in [-0.4, -0.2) is 47.8 Å². The maximum Gasteiger partial charge on any atom is 0.333 e. The molecule has 2 amide bonds. The molecule has 1 atom stereocenters. The molecule has 0 radical (unpaired) electrons. The molecule has 5 aromatic rings. The maximum atomic E-state index is 14.2. The monoisotopic (exact) mass is 718 g/mol. The van der Waals surface area contributed by atoms with Gasteiger partial charge in [0.05, 0.1) is 34.7 Å². The van der Waals surface area contributed by atoms with Gasteiger partial charge in [-0.2, -0.15) is 4.39 Å². The molecule has 240 valence electrons. The Morgan fingerprint density at radius 1 is 1.09 bits per heavy atom. The zero-order valence-corrected chi connectivity index (χ0v) is 27.5. The zero-order valence-electron chi connectivity index (χ0n) is 25.2. The van der Waals surface area contributed by atoms with Gasteiger partial charge in [0.2, 0.25) is 5.95 Å². The second-order valence-corrected chi connectivity index (χ2v) is 12.9. The molecule has 1 aliphatic heterocycles. The van der Waals surface area contributed by atoms with Crippen LogP contribution in [0.25, 0.3) is 11.4 Å². The Hall–Kier alpha value is -4.68. The number of halogens is 3. The number of hydrogen-bond donors (Lipinski definition) is 1. The average molecular weight is 720 g/mol. The van der Waals surface area contributed by atoms with E-state index in [1.54, 1.807) is 64.1 Å². The lowest BCUT2D eigenvalue weighted by Gasteiger charge is -2.34. The van der Waals surface area contributed by atoms with Crippen molar-refractivity contribution in [3.8, 4) is 17.1 Å². The molecule has 13 heteroatoms. The Labute approximate surface area is 282 Å². The molecular formula is C34H29BrClFN6O4. The highest BCUT2D eigenvalue weighted by atomic mass is 79.9. The fraction of sp³-hybridized carbons (Fsp3) is 0.235. The van der Waals surface area contributed by atoms with Crippen LogP contribution >= 0.6 is 27.5 Å². The van der Waals surface area contributed by atoms with Crippen molar-refractivity contribution in [2.75, 3.05) is 0 Å². The Kier molecular flexibility index (Phi) is 8.23. The number of rotatable bonds is 8. The average Bonchev–Trinajstić information content (AvgIpc) is 3.71. The summed E-state index contributed by atoms with van der Waals surface area (Å²) in [6, 6.07) is 20.1. The Morgan fingerprint density at radius 3 is 2.55 bits per heavy atom. The van der Waals surface area contributed by atoms with Crippen LogP contribution in [0.2, 0.25) is 5.02 Å².